The van der Waals surface area contributed by atoms with Crippen LogP contribution in [0.3, 0.4) is 0 Å². The molecule has 0 spiro atoms. The van der Waals surface area contributed by atoms with Gasteiger partial charge in [0.1, 0.15) is 11.5 Å². The van der Waals surface area contributed by atoms with Crippen molar-refractivity contribution in [2.75, 3.05) is 45.4 Å². The highest BCUT2D eigenvalue weighted by molar-refractivity contribution is 5.48. The zero-order valence-corrected chi connectivity index (χ0v) is 18.9. The first-order chi connectivity index (χ1) is 15.7. The number of methoxy groups -OCH3 is 2. The predicted octanol–water partition coefficient (Wildman–Crippen LogP) is 4.14. The van der Waals surface area contributed by atoms with Gasteiger partial charge in [-0.05, 0) is 41.5 Å². The summed E-state index contributed by atoms with van der Waals surface area (Å²) in [5.41, 5.74) is 4.91. The monoisotopic (exact) mass is 433 g/mol. The van der Waals surface area contributed by atoms with Gasteiger partial charge in [-0.1, -0.05) is 18.2 Å². The molecule has 4 rings (SSSR count). The molecule has 0 bridgehead atoms. The van der Waals surface area contributed by atoms with Gasteiger partial charge < -0.3 is 19.1 Å². The quantitative estimate of drug-likeness (QED) is 0.506. The molecule has 2 aromatic carbocycles. The van der Waals surface area contributed by atoms with E-state index in [1.807, 2.05) is 24.5 Å². The highest BCUT2D eigenvalue weighted by atomic mass is 16.5. The fourth-order valence-electron chi connectivity index (χ4n) is 4.03. The van der Waals surface area contributed by atoms with Crippen LogP contribution in [-0.2, 0) is 24.4 Å². The second kappa shape index (κ2) is 11.0. The Bertz CT molecular complexity index is 973. The topological polar surface area (TPSA) is 47.1 Å². The predicted molar refractivity (Wildman–Crippen MR) is 126 cm³/mol. The molecule has 6 heteroatoms. The molecule has 1 aliphatic heterocycles. The molecule has 1 fully saturated rings. The van der Waals surface area contributed by atoms with E-state index in [2.05, 4.69) is 57.2 Å². The van der Waals surface area contributed by atoms with Crippen molar-refractivity contribution >= 4 is 5.69 Å². The second-order valence-corrected chi connectivity index (χ2v) is 7.94. The van der Waals surface area contributed by atoms with Crippen LogP contribution in [0.25, 0.3) is 0 Å². The average molecular weight is 434 g/mol. The highest BCUT2D eigenvalue weighted by Crippen LogP contribution is 2.27. The molecule has 1 aliphatic rings. The van der Waals surface area contributed by atoms with Gasteiger partial charge in [-0.15, -0.1) is 0 Å². The number of nitrogens with zero attached hydrogens (tertiary/aromatic N) is 3. The van der Waals surface area contributed by atoms with Crippen LogP contribution in [-0.4, -0.2) is 50.4 Å². The first kappa shape index (κ1) is 22.1. The van der Waals surface area contributed by atoms with E-state index in [0.29, 0.717) is 0 Å². The zero-order chi connectivity index (χ0) is 22.2. The lowest BCUT2D eigenvalue weighted by molar-refractivity contribution is 0.122. The molecule has 0 saturated carbocycles. The SMILES string of the molecule is COc1ccc(CN(Cc2ccncc2)Cc2ccc(N3CCOCC3)cc2)c(OC)c1. The number of morpholine rings is 1. The van der Waals surface area contributed by atoms with Crippen molar-refractivity contribution in [3.63, 3.8) is 0 Å². The Labute approximate surface area is 190 Å². The van der Waals surface area contributed by atoms with E-state index >= 15 is 0 Å². The lowest BCUT2D eigenvalue weighted by Gasteiger charge is -2.29. The number of rotatable bonds is 9. The van der Waals surface area contributed by atoms with Crippen molar-refractivity contribution in [3.8, 4) is 11.5 Å². The van der Waals surface area contributed by atoms with E-state index < -0.39 is 0 Å². The Hall–Kier alpha value is -3.09. The summed E-state index contributed by atoms with van der Waals surface area (Å²) in [7, 11) is 3.38. The molecule has 2 heterocycles. The molecule has 0 atom stereocenters. The molecule has 6 nitrogen and oxygen atoms in total. The number of benzene rings is 2. The molecular formula is C26H31N3O3. The average Bonchev–Trinajstić information content (AvgIpc) is 2.86. The Kier molecular flexibility index (Phi) is 7.59. The molecule has 168 valence electrons. The standard InChI is InChI=1S/C26H31N3O3/c1-30-25-8-5-23(26(17-25)31-2)20-28(19-22-9-11-27-12-10-22)18-21-3-6-24(7-4-21)29-13-15-32-16-14-29/h3-12,17H,13-16,18-20H2,1-2H3. The summed E-state index contributed by atoms with van der Waals surface area (Å²) in [6.07, 6.45) is 3.69. The van der Waals surface area contributed by atoms with Crippen molar-refractivity contribution in [2.24, 2.45) is 0 Å². The van der Waals surface area contributed by atoms with Crippen LogP contribution in [0.15, 0.2) is 67.0 Å². The maximum atomic E-state index is 5.64. The van der Waals surface area contributed by atoms with Crippen LogP contribution in [0.1, 0.15) is 16.7 Å². The number of ether oxygens (including phenoxy) is 3. The van der Waals surface area contributed by atoms with Crippen molar-refractivity contribution in [1.29, 1.82) is 0 Å². The Balaban J connectivity index is 1.52. The van der Waals surface area contributed by atoms with Crippen molar-refractivity contribution in [3.05, 3.63) is 83.7 Å². The van der Waals surface area contributed by atoms with Crippen LogP contribution < -0.4 is 14.4 Å². The van der Waals surface area contributed by atoms with Gasteiger partial charge in [0.25, 0.3) is 0 Å². The summed E-state index contributed by atoms with van der Waals surface area (Å²) < 4.78 is 16.5. The number of hydrogen-bond donors (Lipinski definition) is 0. The summed E-state index contributed by atoms with van der Waals surface area (Å²) >= 11 is 0. The Morgan fingerprint density at radius 1 is 0.844 bits per heavy atom. The summed E-state index contributed by atoms with van der Waals surface area (Å²) in [4.78, 5) is 8.95. The number of aromatic nitrogens is 1. The second-order valence-electron chi connectivity index (χ2n) is 7.94. The lowest BCUT2D eigenvalue weighted by Crippen LogP contribution is -2.36. The van der Waals surface area contributed by atoms with E-state index in [9.17, 15) is 0 Å². The maximum Gasteiger partial charge on any atom is 0.127 e. The van der Waals surface area contributed by atoms with Crippen LogP contribution in [0, 0.1) is 0 Å². The van der Waals surface area contributed by atoms with E-state index in [0.717, 1.165) is 63.0 Å². The van der Waals surface area contributed by atoms with E-state index in [-0.39, 0.29) is 0 Å². The van der Waals surface area contributed by atoms with Crippen LogP contribution in [0.5, 0.6) is 11.5 Å². The summed E-state index contributed by atoms with van der Waals surface area (Å²) in [6.45, 7) is 5.91. The van der Waals surface area contributed by atoms with Crippen molar-refractivity contribution in [1.82, 2.24) is 9.88 Å². The number of hydrogen-bond acceptors (Lipinski definition) is 6. The molecular weight excluding hydrogens is 402 g/mol. The van der Waals surface area contributed by atoms with Gasteiger partial charge in [0.2, 0.25) is 0 Å². The molecule has 0 amide bonds. The molecule has 0 unspecified atom stereocenters. The fourth-order valence-corrected chi connectivity index (χ4v) is 4.03. The summed E-state index contributed by atoms with van der Waals surface area (Å²) in [5.74, 6) is 1.64. The smallest absolute Gasteiger partial charge is 0.127 e. The molecule has 1 saturated heterocycles. The third kappa shape index (κ3) is 5.78. The molecule has 1 aromatic heterocycles. The van der Waals surface area contributed by atoms with E-state index in [1.54, 1.807) is 14.2 Å². The fraction of sp³-hybridized carbons (Fsp3) is 0.346. The van der Waals surface area contributed by atoms with Crippen LogP contribution in [0.4, 0.5) is 5.69 Å². The largest absolute Gasteiger partial charge is 0.497 e. The van der Waals surface area contributed by atoms with Gasteiger partial charge in [-0.2, -0.15) is 0 Å². The van der Waals surface area contributed by atoms with Gasteiger partial charge in [-0.3, -0.25) is 9.88 Å². The van der Waals surface area contributed by atoms with Crippen LogP contribution >= 0.6 is 0 Å². The Morgan fingerprint density at radius 3 is 2.19 bits per heavy atom. The minimum absolute atomic E-state index is 0.765. The van der Waals surface area contributed by atoms with Gasteiger partial charge in [0.15, 0.2) is 0 Å². The minimum atomic E-state index is 0.765. The normalized spacial score (nSPS) is 13.9. The number of pyridine rings is 1. The maximum absolute atomic E-state index is 5.64. The molecule has 0 N–H and O–H groups in total. The third-order valence-electron chi connectivity index (χ3n) is 5.76. The zero-order valence-electron chi connectivity index (χ0n) is 18.9. The molecule has 3 aromatic rings. The molecule has 0 radical (unpaired) electrons. The number of anilines is 1. The highest BCUT2D eigenvalue weighted by Gasteiger charge is 2.14. The van der Waals surface area contributed by atoms with Crippen molar-refractivity contribution < 1.29 is 14.2 Å². The van der Waals surface area contributed by atoms with Crippen molar-refractivity contribution in [2.45, 2.75) is 19.6 Å². The summed E-state index contributed by atoms with van der Waals surface area (Å²) in [5, 5.41) is 0. The van der Waals surface area contributed by atoms with Crippen LogP contribution in [0.2, 0.25) is 0 Å². The summed E-state index contributed by atoms with van der Waals surface area (Å²) in [6, 6.07) is 19.1. The molecule has 32 heavy (non-hydrogen) atoms. The van der Waals surface area contributed by atoms with Gasteiger partial charge in [-0.25, -0.2) is 0 Å². The van der Waals surface area contributed by atoms with E-state index in [1.165, 1.54) is 16.8 Å². The molecule has 0 aliphatic carbocycles. The van der Waals surface area contributed by atoms with E-state index in [4.69, 9.17) is 14.2 Å². The lowest BCUT2D eigenvalue weighted by atomic mass is 10.1. The van der Waals surface area contributed by atoms with Gasteiger partial charge in [0.05, 0.1) is 27.4 Å². The minimum Gasteiger partial charge on any atom is -0.497 e. The van der Waals surface area contributed by atoms with Gasteiger partial charge >= 0.3 is 0 Å². The third-order valence-corrected chi connectivity index (χ3v) is 5.76. The first-order valence-corrected chi connectivity index (χ1v) is 11.0. The first-order valence-electron chi connectivity index (χ1n) is 11.0. The van der Waals surface area contributed by atoms with Gasteiger partial charge in [0, 0.05) is 62.4 Å². The Morgan fingerprint density at radius 2 is 1.53 bits per heavy atom.